The number of halogens is 1. The average Bonchev–Trinajstić information content (AvgIpc) is 3.09. The van der Waals surface area contributed by atoms with E-state index in [-0.39, 0.29) is 16.2 Å². The van der Waals surface area contributed by atoms with Crippen LogP contribution in [0.1, 0.15) is 30.4 Å². The number of carbonyl (C=O) groups is 3. The third-order valence-electron chi connectivity index (χ3n) is 4.00. The fraction of sp³-hybridized carbons (Fsp3) is 0.100. The van der Waals surface area contributed by atoms with Crippen LogP contribution in [0.4, 0.5) is 5.69 Å². The van der Waals surface area contributed by atoms with Crippen molar-refractivity contribution in [3.8, 4) is 0 Å². The standard InChI is InChI=1S/C20H15ClN2O5S2/c1-27-18(25)10-7-11(19(26)28-2)9-12(8-10)22-20(29)23-17(24)16-15(21)13-5-3-4-6-14(13)30-16/h3-9H,1-2H3,(H2,22,23,24,29). The maximum absolute atomic E-state index is 12.6. The summed E-state index contributed by atoms with van der Waals surface area (Å²) in [5.74, 6) is -1.76. The van der Waals surface area contributed by atoms with Crippen molar-refractivity contribution in [2.45, 2.75) is 0 Å². The van der Waals surface area contributed by atoms with Gasteiger partial charge in [0.2, 0.25) is 0 Å². The maximum Gasteiger partial charge on any atom is 0.337 e. The number of benzene rings is 2. The van der Waals surface area contributed by atoms with Crippen LogP contribution in [-0.4, -0.2) is 37.2 Å². The average molecular weight is 463 g/mol. The molecule has 0 atom stereocenters. The molecule has 1 aromatic heterocycles. The Hall–Kier alpha value is -3.01. The van der Waals surface area contributed by atoms with Crippen molar-refractivity contribution in [1.29, 1.82) is 0 Å². The molecule has 1 heterocycles. The molecule has 0 saturated carbocycles. The number of thiophene rings is 1. The molecule has 0 unspecified atom stereocenters. The number of fused-ring (bicyclic) bond motifs is 1. The smallest absolute Gasteiger partial charge is 0.337 e. The number of amides is 1. The molecule has 10 heteroatoms. The highest BCUT2D eigenvalue weighted by Gasteiger charge is 2.19. The molecule has 3 rings (SSSR count). The maximum atomic E-state index is 12.6. The van der Waals surface area contributed by atoms with Crippen LogP contribution in [0.3, 0.4) is 0 Å². The van der Waals surface area contributed by atoms with Gasteiger partial charge < -0.3 is 14.8 Å². The SMILES string of the molecule is COC(=O)c1cc(NC(=S)NC(=O)c2sc3ccccc3c2Cl)cc(C(=O)OC)c1. The molecule has 154 valence electrons. The summed E-state index contributed by atoms with van der Waals surface area (Å²) < 4.78 is 10.3. The Balaban J connectivity index is 1.81. The van der Waals surface area contributed by atoms with Gasteiger partial charge in [0, 0.05) is 15.8 Å². The third-order valence-corrected chi connectivity index (χ3v) is 5.88. The molecule has 0 aliphatic heterocycles. The zero-order valence-electron chi connectivity index (χ0n) is 15.8. The molecule has 30 heavy (non-hydrogen) atoms. The second-order valence-corrected chi connectivity index (χ2v) is 7.77. The van der Waals surface area contributed by atoms with E-state index in [2.05, 4.69) is 10.6 Å². The van der Waals surface area contributed by atoms with Crippen LogP contribution >= 0.6 is 35.2 Å². The number of carbonyl (C=O) groups excluding carboxylic acids is 3. The van der Waals surface area contributed by atoms with Crippen LogP contribution in [-0.2, 0) is 9.47 Å². The van der Waals surface area contributed by atoms with Crippen molar-refractivity contribution >= 4 is 73.9 Å². The van der Waals surface area contributed by atoms with Gasteiger partial charge in [0.1, 0.15) is 4.88 Å². The van der Waals surface area contributed by atoms with E-state index in [1.54, 1.807) is 0 Å². The van der Waals surface area contributed by atoms with Crippen LogP contribution < -0.4 is 10.6 Å². The molecule has 0 bridgehead atoms. The molecular formula is C20H15ClN2O5S2. The van der Waals surface area contributed by atoms with Crippen molar-refractivity contribution in [3.63, 3.8) is 0 Å². The van der Waals surface area contributed by atoms with Crippen LogP contribution in [0.25, 0.3) is 10.1 Å². The molecular weight excluding hydrogens is 448 g/mol. The van der Waals surface area contributed by atoms with E-state index in [0.29, 0.717) is 15.6 Å². The lowest BCUT2D eigenvalue weighted by atomic mass is 10.1. The highest BCUT2D eigenvalue weighted by Crippen LogP contribution is 2.35. The zero-order chi connectivity index (χ0) is 21.8. The van der Waals surface area contributed by atoms with Gasteiger partial charge in [0.15, 0.2) is 5.11 Å². The predicted molar refractivity (Wildman–Crippen MR) is 120 cm³/mol. The van der Waals surface area contributed by atoms with Gasteiger partial charge in [0.25, 0.3) is 5.91 Å². The molecule has 3 aromatic rings. The summed E-state index contributed by atoms with van der Waals surface area (Å²) in [6, 6.07) is 11.6. The van der Waals surface area contributed by atoms with Gasteiger partial charge in [-0.2, -0.15) is 0 Å². The third kappa shape index (κ3) is 4.59. The lowest BCUT2D eigenvalue weighted by molar-refractivity contribution is 0.0599. The summed E-state index contributed by atoms with van der Waals surface area (Å²) in [6.07, 6.45) is 0. The van der Waals surface area contributed by atoms with Crippen LogP contribution in [0, 0.1) is 0 Å². The quantitative estimate of drug-likeness (QED) is 0.442. The van der Waals surface area contributed by atoms with Gasteiger partial charge in [-0.15, -0.1) is 11.3 Å². The number of methoxy groups -OCH3 is 2. The molecule has 0 spiro atoms. The van der Waals surface area contributed by atoms with Crippen molar-refractivity contribution in [2.75, 3.05) is 19.5 Å². The molecule has 2 N–H and O–H groups in total. The van der Waals surface area contributed by atoms with Gasteiger partial charge in [-0.25, -0.2) is 9.59 Å². The highest BCUT2D eigenvalue weighted by atomic mass is 35.5. The van der Waals surface area contributed by atoms with E-state index < -0.39 is 17.8 Å². The predicted octanol–water partition coefficient (Wildman–Crippen LogP) is 4.25. The Morgan fingerprint density at radius 1 is 1.00 bits per heavy atom. The Kier molecular flexibility index (Phi) is 6.66. The van der Waals surface area contributed by atoms with Gasteiger partial charge in [-0.05, 0) is 36.5 Å². The first kappa shape index (κ1) is 21.7. The van der Waals surface area contributed by atoms with E-state index in [4.69, 9.17) is 33.3 Å². The summed E-state index contributed by atoms with van der Waals surface area (Å²) in [5.41, 5.74) is 0.528. The molecule has 1 amide bonds. The second kappa shape index (κ2) is 9.21. The van der Waals surface area contributed by atoms with Crippen LogP contribution in [0.5, 0.6) is 0 Å². The fourth-order valence-electron chi connectivity index (χ4n) is 2.65. The Labute approximate surface area is 185 Å². The summed E-state index contributed by atoms with van der Waals surface area (Å²) in [6.45, 7) is 0. The number of nitrogens with one attached hydrogen (secondary N) is 2. The van der Waals surface area contributed by atoms with Gasteiger partial charge >= 0.3 is 11.9 Å². The lowest BCUT2D eigenvalue weighted by Crippen LogP contribution is -2.33. The molecule has 0 saturated heterocycles. The molecule has 7 nitrogen and oxygen atoms in total. The minimum absolute atomic E-state index is 0.0358. The first-order valence-electron chi connectivity index (χ1n) is 8.45. The molecule has 0 aliphatic rings. The normalized spacial score (nSPS) is 10.4. The highest BCUT2D eigenvalue weighted by molar-refractivity contribution is 7.80. The van der Waals surface area contributed by atoms with E-state index in [1.807, 2.05) is 24.3 Å². The molecule has 0 radical (unpaired) electrons. The Bertz CT molecular complexity index is 1140. The van der Waals surface area contributed by atoms with Gasteiger partial charge in [-0.3, -0.25) is 10.1 Å². The van der Waals surface area contributed by atoms with E-state index in [1.165, 1.54) is 43.8 Å². The Morgan fingerprint density at radius 3 is 2.17 bits per heavy atom. The van der Waals surface area contributed by atoms with E-state index in [0.717, 1.165) is 10.1 Å². The summed E-state index contributed by atoms with van der Waals surface area (Å²) >= 11 is 12.8. The Morgan fingerprint density at radius 2 is 1.60 bits per heavy atom. The first-order valence-corrected chi connectivity index (χ1v) is 10.1. The lowest BCUT2D eigenvalue weighted by Gasteiger charge is -2.12. The first-order chi connectivity index (χ1) is 14.3. The molecule has 0 fully saturated rings. The van der Waals surface area contributed by atoms with E-state index in [9.17, 15) is 14.4 Å². The number of hydrogen-bond acceptors (Lipinski definition) is 7. The fourth-order valence-corrected chi connectivity index (χ4v) is 4.28. The van der Waals surface area contributed by atoms with Crippen molar-refractivity contribution in [1.82, 2.24) is 5.32 Å². The van der Waals surface area contributed by atoms with E-state index >= 15 is 0 Å². The largest absolute Gasteiger partial charge is 0.465 e. The summed E-state index contributed by atoms with van der Waals surface area (Å²) in [5, 5.41) is 6.41. The van der Waals surface area contributed by atoms with Crippen molar-refractivity contribution < 1.29 is 23.9 Å². The van der Waals surface area contributed by atoms with Gasteiger partial charge in [-0.1, -0.05) is 29.8 Å². The number of anilines is 1. The topological polar surface area (TPSA) is 93.7 Å². The van der Waals surface area contributed by atoms with Gasteiger partial charge in [0.05, 0.1) is 30.4 Å². The monoisotopic (exact) mass is 462 g/mol. The minimum Gasteiger partial charge on any atom is -0.465 e. The summed E-state index contributed by atoms with van der Waals surface area (Å²) in [4.78, 5) is 36.7. The number of hydrogen-bond donors (Lipinski definition) is 2. The number of thiocarbonyl (C=S) groups is 1. The number of rotatable bonds is 4. The minimum atomic E-state index is -0.643. The van der Waals surface area contributed by atoms with Crippen molar-refractivity contribution in [3.05, 3.63) is 63.5 Å². The van der Waals surface area contributed by atoms with Crippen molar-refractivity contribution in [2.24, 2.45) is 0 Å². The zero-order valence-corrected chi connectivity index (χ0v) is 18.2. The molecule has 2 aromatic carbocycles. The number of esters is 2. The van der Waals surface area contributed by atoms with Crippen LogP contribution in [0.2, 0.25) is 5.02 Å². The second-order valence-electron chi connectivity index (χ2n) is 5.93. The van der Waals surface area contributed by atoms with Crippen LogP contribution in [0.15, 0.2) is 42.5 Å². The summed E-state index contributed by atoms with van der Waals surface area (Å²) in [7, 11) is 2.44. The molecule has 0 aliphatic carbocycles. The number of ether oxygens (including phenoxy) is 2.